The third-order valence-electron chi connectivity index (χ3n) is 5.23. The molecule has 6 heteroatoms. The van der Waals surface area contributed by atoms with Gasteiger partial charge in [-0.3, -0.25) is 4.79 Å². The van der Waals surface area contributed by atoms with Crippen LogP contribution >= 0.6 is 12.2 Å². The van der Waals surface area contributed by atoms with E-state index in [4.69, 9.17) is 21.7 Å². The van der Waals surface area contributed by atoms with E-state index in [0.29, 0.717) is 30.7 Å². The molecule has 0 spiro atoms. The van der Waals surface area contributed by atoms with Crippen LogP contribution in [0.2, 0.25) is 0 Å². The van der Waals surface area contributed by atoms with Gasteiger partial charge in [-0.05, 0) is 61.0 Å². The molecule has 0 aromatic heterocycles. The summed E-state index contributed by atoms with van der Waals surface area (Å²) in [5, 5.41) is 6.15. The van der Waals surface area contributed by atoms with Crippen molar-refractivity contribution < 1.29 is 14.3 Å². The molecular weight excluding hydrogens is 396 g/mol. The molecule has 0 bridgehead atoms. The van der Waals surface area contributed by atoms with Crippen LogP contribution in [0, 0.1) is 5.92 Å². The molecule has 5 nitrogen and oxygen atoms in total. The SMILES string of the molecule is O=C(CCC1CCCCC1)NC(=S)Nc1ccc(OCCOc2ccccc2)cc1. The van der Waals surface area contributed by atoms with Gasteiger partial charge in [0.15, 0.2) is 5.11 Å². The number of amides is 1. The number of carbonyl (C=O) groups excluding carboxylic acids is 1. The average molecular weight is 427 g/mol. The van der Waals surface area contributed by atoms with Crippen molar-refractivity contribution in [2.75, 3.05) is 18.5 Å². The molecule has 2 N–H and O–H groups in total. The molecule has 160 valence electrons. The average Bonchev–Trinajstić information content (AvgIpc) is 2.78. The first-order valence-corrected chi connectivity index (χ1v) is 11.1. The summed E-state index contributed by atoms with van der Waals surface area (Å²) in [6.45, 7) is 0.929. The van der Waals surface area contributed by atoms with E-state index < -0.39 is 0 Å². The molecule has 0 heterocycles. The van der Waals surface area contributed by atoms with Crippen molar-refractivity contribution in [3.63, 3.8) is 0 Å². The lowest BCUT2D eigenvalue weighted by Gasteiger charge is -2.21. The fourth-order valence-corrected chi connectivity index (χ4v) is 3.86. The maximum atomic E-state index is 12.1. The summed E-state index contributed by atoms with van der Waals surface area (Å²) in [4.78, 5) is 12.1. The highest BCUT2D eigenvalue weighted by atomic mass is 32.1. The van der Waals surface area contributed by atoms with Crippen LogP contribution < -0.4 is 20.1 Å². The molecule has 1 fully saturated rings. The maximum Gasteiger partial charge on any atom is 0.226 e. The van der Waals surface area contributed by atoms with Crippen LogP contribution in [0.25, 0.3) is 0 Å². The zero-order valence-electron chi connectivity index (χ0n) is 17.3. The van der Waals surface area contributed by atoms with E-state index in [1.807, 2.05) is 54.6 Å². The molecule has 1 aliphatic rings. The van der Waals surface area contributed by atoms with Crippen molar-refractivity contribution in [2.24, 2.45) is 5.92 Å². The Kier molecular flexibility index (Phi) is 8.97. The first-order chi connectivity index (χ1) is 14.7. The van der Waals surface area contributed by atoms with Crippen molar-refractivity contribution in [1.29, 1.82) is 0 Å². The van der Waals surface area contributed by atoms with Crippen molar-refractivity contribution in [2.45, 2.75) is 44.9 Å². The summed E-state index contributed by atoms with van der Waals surface area (Å²) in [5.41, 5.74) is 0.806. The number of anilines is 1. The van der Waals surface area contributed by atoms with Crippen LogP contribution in [0.5, 0.6) is 11.5 Å². The number of thiocarbonyl (C=S) groups is 1. The molecule has 2 aromatic rings. The first kappa shape index (κ1) is 22.1. The van der Waals surface area contributed by atoms with Gasteiger partial charge in [-0.2, -0.15) is 0 Å². The quantitative estimate of drug-likeness (QED) is 0.420. The van der Waals surface area contributed by atoms with Gasteiger partial charge in [0.2, 0.25) is 5.91 Å². The Bertz CT molecular complexity index is 790. The number of carbonyl (C=O) groups is 1. The number of ether oxygens (including phenoxy) is 2. The van der Waals surface area contributed by atoms with Gasteiger partial charge in [0.25, 0.3) is 0 Å². The number of hydrogen-bond acceptors (Lipinski definition) is 4. The van der Waals surface area contributed by atoms with E-state index in [1.54, 1.807) is 0 Å². The Hall–Kier alpha value is -2.60. The van der Waals surface area contributed by atoms with Crippen LogP contribution in [0.4, 0.5) is 5.69 Å². The fraction of sp³-hybridized carbons (Fsp3) is 0.417. The number of rotatable bonds is 9. The summed E-state index contributed by atoms with van der Waals surface area (Å²) < 4.78 is 11.3. The van der Waals surface area contributed by atoms with Crippen LogP contribution in [0.15, 0.2) is 54.6 Å². The predicted molar refractivity (Wildman–Crippen MR) is 124 cm³/mol. The largest absolute Gasteiger partial charge is 0.490 e. The summed E-state index contributed by atoms with van der Waals surface area (Å²) in [6.07, 6.45) is 7.92. The van der Waals surface area contributed by atoms with E-state index in [1.165, 1.54) is 32.1 Å². The Morgan fingerprint density at radius 2 is 1.53 bits per heavy atom. The van der Waals surface area contributed by atoms with Crippen molar-refractivity contribution >= 4 is 28.9 Å². The normalized spacial score (nSPS) is 14.0. The molecule has 0 radical (unpaired) electrons. The molecule has 2 aromatic carbocycles. The summed E-state index contributed by atoms with van der Waals surface area (Å²) in [6, 6.07) is 17.1. The summed E-state index contributed by atoms with van der Waals surface area (Å²) in [7, 11) is 0. The Labute approximate surface area is 184 Å². The minimum absolute atomic E-state index is 0.0172. The molecule has 0 atom stereocenters. The van der Waals surface area contributed by atoms with Gasteiger partial charge in [0, 0.05) is 12.1 Å². The number of benzene rings is 2. The van der Waals surface area contributed by atoms with Crippen LogP contribution in [0.3, 0.4) is 0 Å². The highest BCUT2D eigenvalue weighted by Crippen LogP contribution is 2.27. The summed E-state index contributed by atoms with van der Waals surface area (Å²) in [5.74, 6) is 2.25. The van der Waals surface area contributed by atoms with E-state index in [2.05, 4.69) is 10.6 Å². The van der Waals surface area contributed by atoms with Gasteiger partial charge < -0.3 is 20.1 Å². The van der Waals surface area contributed by atoms with Gasteiger partial charge in [-0.15, -0.1) is 0 Å². The summed E-state index contributed by atoms with van der Waals surface area (Å²) >= 11 is 5.26. The molecule has 0 saturated heterocycles. The second-order valence-electron chi connectivity index (χ2n) is 7.58. The monoisotopic (exact) mass is 426 g/mol. The zero-order chi connectivity index (χ0) is 21.0. The second kappa shape index (κ2) is 12.2. The molecule has 0 aliphatic heterocycles. The van der Waals surface area contributed by atoms with E-state index in [0.717, 1.165) is 23.6 Å². The van der Waals surface area contributed by atoms with E-state index in [9.17, 15) is 4.79 Å². The van der Waals surface area contributed by atoms with Crippen LogP contribution in [0.1, 0.15) is 44.9 Å². The Morgan fingerprint density at radius 1 is 0.900 bits per heavy atom. The lowest BCUT2D eigenvalue weighted by atomic mass is 9.86. The number of para-hydroxylation sites is 1. The number of hydrogen-bond donors (Lipinski definition) is 2. The van der Waals surface area contributed by atoms with Crippen molar-refractivity contribution in [1.82, 2.24) is 5.32 Å². The van der Waals surface area contributed by atoms with E-state index >= 15 is 0 Å². The van der Waals surface area contributed by atoms with Gasteiger partial charge in [0.1, 0.15) is 24.7 Å². The van der Waals surface area contributed by atoms with Gasteiger partial charge in [0.05, 0.1) is 0 Å². The molecular formula is C24H30N2O3S. The van der Waals surface area contributed by atoms with Gasteiger partial charge >= 0.3 is 0 Å². The predicted octanol–water partition coefficient (Wildman–Crippen LogP) is 5.32. The fourth-order valence-electron chi connectivity index (χ4n) is 3.63. The van der Waals surface area contributed by atoms with Gasteiger partial charge in [-0.25, -0.2) is 0 Å². The zero-order valence-corrected chi connectivity index (χ0v) is 18.1. The van der Waals surface area contributed by atoms with Crippen LogP contribution in [-0.4, -0.2) is 24.2 Å². The smallest absolute Gasteiger partial charge is 0.226 e. The first-order valence-electron chi connectivity index (χ1n) is 10.7. The molecule has 1 saturated carbocycles. The van der Waals surface area contributed by atoms with Crippen LogP contribution in [-0.2, 0) is 4.79 Å². The van der Waals surface area contributed by atoms with Gasteiger partial charge in [-0.1, -0.05) is 50.3 Å². The molecule has 30 heavy (non-hydrogen) atoms. The standard InChI is InChI=1S/C24H30N2O3S/c27-23(16-11-19-7-3-1-4-8-19)26-24(30)25-20-12-14-22(15-13-20)29-18-17-28-21-9-5-2-6-10-21/h2,5-6,9-10,12-15,19H,1,3-4,7-8,11,16-18H2,(H2,25,26,27,30). The lowest BCUT2D eigenvalue weighted by Crippen LogP contribution is -2.34. The maximum absolute atomic E-state index is 12.1. The third kappa shape index (κ3) is 8.03. The molecule has 1 aliphatic carbocycles. The van der Waals surface area contributed by atoms with E-state index in [-0.39, 0.29) is 5.91 Å². The highest BCUT2D eigenvalue weighted by Gasteiger charge is 2.15. The molecule has 1 amide bonds. The Morgan fingerprint density at radius 3 is 2.20 bits per heavy atom. The second-order valence-corrected chi connectivity index (χ2v) is 7.99. The molecule has 0 unspecified atom stereocenters. The number of nitrogens with one attached hydrogen (secondary N) is 2. The molecule has 3 rings (SSSR count). The minimum Gasteiger partial charge on any atom is -0.490 e. The Balaban J connectivity index is 1.32. The van der Waals surface area contributed by atoms with Crippen molar-refractivity contribution in [3.8, 4) is 11.5 Å². The third-order valence-corrected chi connectivity index (χ3v) is 5.44. The lowest BCUT2D eigenvalue weighted by molar-refractivity contribution is -0.120. The van der Waals surface area contributed by atoms with Crippen molar-refractivity contribution in [3.05, 3.63) is 54.6 Å². The minimum atomic E-state index is -0.0172. The highest BCUT2D eigenvalue weighted by molar-refractivity contribution is 7.80. The topological polar surface area (TPSA) is 59.6 Å².